The van der Waals surface area contributed by atoms with Gasteiger partial charge in [-0.25, -0.2) is 0 Å². The van der Waals surface area contributed by atoms with Crippen LogP contribution in [0.4, 0.5) is 0 Å². The maximum absolute atomic E-state index is 12.2. The number of para-hydroxylation sites is 1. The summed E-state index contributed by atoms with van der Waals surface area (Å²) in [6.07, 6.45) is 13.2. The van der Waals surface area contributed by atoms with Crippen molar-refractivity contribution in [3.8, 4) is 23.0 Å². The lowest BCUT2D eigenvalue weighted by Crippen LogP contribution is -2.26. The number of rotatable bonds is 18. The van der Waals surface area contributed by atoms with E-state index in [4.69, 9.17) is 18.9 Å². The van der Waals surface area contributed by atoms with Crippen molar-refractivity contribution < 1.29 is 23.7 Å². The molecule has 35 heavy (non-hydrogen) atoms. The second-order valence-electron chi connectivity index (χ2n) is 8.36. The second-order valence-corrected chi connectivity index (χ2v) is 8.36. The zero-order valence-corrected chi connectivity index (χ0v) is 21.5. The van der Waals surface area contributed by atoms with Crippen molar-refractivity contribution in [1.29, 1.82) is 0 Å². The highest BCUT2D eigenvalue weighted by Crippen LogP contribution is 2.39. The number of amides is 1. The van der Waals surface area contributed by atoms with Gasteiger partial charge in [-0.1, -0.05) is 70.1 Å². The number of carbonyl (C=O) groups excluding carboxylic acids is 1. The molecule has 0 aliphatic carbocycles. The molecule has 0 bridgehead atoms. The van der Waals surface area contributed by atoms with Gasteiger partial charge in [-0.15, -0.1) is 0 Å². The Hall–Kier alpha value is -3.15. The smallest absolute Gasteiger partial charge is 0.244 e. The molecule has 6 heteroatoms. The van der Waals surface area contributed by atoms with Gasteiger partial charge < -0.3 is 24.3 Å². The molecule has 1 amide bonds. The molecule has 0 aromatic heterocycles. The first kappa shape index (κ1) is 28.1. The van der Waals surface area contributed by atoms with Crippen molar-refractivity contribution >= 4 is 12.0 Å². The van der Waals surface area contributed by atoms with Crippen LogP contribution in [0.1, 0.15) is 63.9 Å². The first-order chi connectivity index (χ1) is 17.2. The van der Waals surface area contributed by atoms with E-state index in [1.807, 2.05) is 42.5 Å². The molecule has 2 aromatic carbocycles. The van der Waals surface area contributed by atoms with Crippen LogP contribution in [-0.2, 0) is 4.79 Å². The highest BCUT2D eigenvalue weighted by molar-refractivity contribution is 5.91. The number of hydrogen-bond acceptors (Lipinski definition) is 5. The van der Waals surface area contributed by atoms with E-state index >= 15 is 0 Å². The fourth-order valence-corrected chi connectivity index (χ4v) is 3.64. The Kier molecular flexibility index (Phi) is 13.9. The van der Waals surface area contributed by atoms with E-state index in [-0.39, 0.29) is 5.91 Å². The Balaban J connectivity index is 1.79. The van der Waals surface area contributed by atoms with Gasteiger partial charge in [0, 0.05) is 6.08 Å². The molecule has 0 fully saturated rings. The molecule has 2 rings (SSSR count). The van der Waals surface area contributed by atoms with E-state index in [2.05, 4.69) is 12.2 Å². The molecule has 6 nitrogen and oxygen atoms in total. The zero-order valence-electron chi connectivity index (χ0n) is 21.5. The SMILES string of the molecule is CCCCCCCCCCOc1c(OC)cc(/C=C/C(=O)NCCOc2ccccc2)cc1OC. The predicted molar refractivity (Wildman–Crippen MR) is 142 cm³/mol. The fraction of sp³-hybridized carbons (Fsp3) is 0.483. The van der Waals surface area contributed by atoms with Gasteiger partial charge in [0.1, 0.15) is 12.4 Å². The molecule has 2 aromatic rings. The number of unbranched alkanes of at least 4 members (excludes halogenated alkanes) is 7. The molecule has 1 N–H and O–H groups in total. The average Bonchev–Trinajstić information content (AvgIpc) is 2.89. The van der Waals surface area contributed by atoms with Crippen molar-refractivity contribution in [2.75, 3.05) is 34.0 Å². The Morgan fingerprint density at radius 1 is 0.829 bits per heavy atom. The summed E-state index contributed by atoms with van der Waals surface area (Å²) in [7, 11) is 3.20. The minimum absolute atomic E-state index is 0.199. The van der Waals surface area contributed by atoms with Gasteiger partial charge >= 0.3 is 0 Å². The molecule has 0 saturated heterocycles. The van der Waals surface area contributed by atoms with Crippen LogP contribution in [0, 0.1) is 0 Å². The molecule has 0 saturated carbocycles. The molecule has 0 heterocycles. The van der Waals surface area contributed by atoms with Gasteiger partial charge in [-0.2, -0.15) is 0 Å². The van der Waals surface area contributed by atoms with Gasteiger partial charge in [0.2, 0.25) is 11.7 Å². The minimum Gasteiger partial charge on any atom is -0.493 e. The van der Waals surface area contributed by atoms with Crippen molar-refractivity contribution in [3.63, 3.8) is 0 Å². The summed E-state index contributed by atoms with van der Waals surface area (Å²) in [5.41, 5.74) is 0.786. The number of ether oxygens (including phenoxy) is 4. The van der Waals surface area contributed by atoms with E-state index in [9.17, 15) is 4.79 Å². The molecule has 0 aliphatic rings. The van der Waals surface area contributed by atoms with Crippen molar-refractivity contribution in [2.45, 2.75) is 58.3 Å². The third-order valence-corrected chi connectivity index (χ3v) is 5.57. The van der Waals surface area contributed by atoms with Crippen LogP contribution < -0.4 is 24.3 Å². The summed E-state index contributed by atoms with van der Waals surface area (Å²) in [5, 5.41) is 2.81. The summed E-state index contributed by atoms with van der Waals surface area (Å²) >= 11 is 0. The Bertz CT molecular complexity index is 857. The summed E-state index contributed by atoms with van der Waals surface area (Å²) in [6, 6.07) is 13.2. The Morgan fingerprint density at radius 2 is 1.46 bits per heavy atom. The maximum Gasteiger partial charge on any atom is 0.244 e. The standard InChI is InChI=1S/C29H41NO5/c1-4-5-6-7-8-9-10-14-20-35-29-26(32-2)22-24(23-27(29)33-3)17-18-28(31)30-19-21-34-25-15-12-11-13-16-25/h11-13,15-18,22-23H,4-10,14,19-21H2,1-3H3,(H,30,31)/b18-17+. The Labute approximate surface area is 210 Å². The maximum atomic E-state index is 12.2. The van der Waals surface area contributed by atoms with Gasteiger partial charge in [-0.05, 0) is 42.3 Å². The number of benzene rings is 2. The molecule has 0 atom stereocenters. The lowest BCUT2D eigenvalue weighted by molar-refractivity contribution is -0.116. The monoisotopic (exact) mass is 483 g/mol. The number of hydrogen-bond donors (Lipinski definition) is 1. The van der Waals surface area contributed by atoms with Crippen molar-refractivity contribution in [3.05, 3.63) is 54.1 Å². The normalized spacial score (nSPS) is 10.8. The zero-order chi connectivity index (χ0) is 25.1. The summed E-state index contributed by atoms with van der Waals surface area (Å²) in [5.74, 6) is 2.34. The van der Waals surface area contributed by atoms with Gasteiger partial charge in [0.05, 0.1) is 27.4 Å². The third kappa shape index (κ3) is 11.2. The van der Waals surface area contributed by atoms with Crippen LogP contribution >= 0.6 is 0 Å². The van der Waals surface area contributed by atoms with E-state index in [1.165, 1.54) is 44.6 Å². The summed E-state index contributed by atoms with van der Waals surface area (Å²) in [4.78, 5) is 12.2. The van der Waals surface area contributed by atoms with E-state index in [0.717, 1.165) is 24.2 Å². The van der Waals surface area contributed by atoms with Crippen molar-refractivity contribution in [2.24, 2.45) is 0 Å². The molecule has 0 unspecified atom stereocenters. The molecular weight excluding hydrogens is 442 g/mol. The molecule has 192 valence electrons. The molecule has 0 radical (unpaired) electrons. The molecular formula is C29H41NO5. The molecule has 0 aliphatic heterocycles. The Morgan fingerprint density at radius 3 is 2.09 bits per heavy atom. The largest absolute Gasteiger partial charge is 0.493 e. The van der Waals surface area contributed by atoms with Crippen LogP contribution in [0.25, 0.3) is 6.08 Å². The van der Waals surface area contributed by atoms with Crippen molar-refractivity contribution in [1.82, 2.24) is 5.32 Å². The van der Waals surface area contributed by atoms with E-state index < -0.39 is 0 Å². The first-order valence-electron chi connectivity index (χ1n) is 12.7. The molecule has 0 spiro atoms. The van der Waals surface area contributed by atoms with Crippen LogP contribution in [-0.4, -0.2) is 39.9 Å². The highest BCUT2D eigenvalue weighted by atomic mass is 16.5. The summed E-state index contributed by atoms with van der Waals surface area (Å²) in [6.45, 7) is 3.67. The van der Waals surface area contributed by atoms with Gasteiger partial charge in [0.25, 0.3) is 0 Å². The first-order valence-corrected chi connectivity index (χ1v) is 12.7. The van der Waals surface area contributed by atoms with Crippen LogP contribution in [0.2, 0.25) is 0 Å². The van der Waals surface area contributed by atoms with Crippen LogP contribution in [0.5, 0.6) is 23.0 Å². The predicted octanol–water partition coefficient (Wildman–Crippen LogP) is 6.43. The van der Waals surface area contributed by atoms with Crippen LogP contribution in [0.15, 0.2) is 48.5 Å². The third-order valence-electron chi connectivity index (χ3n) is 5.57. The topological polar surface area (TPSA) is 66.0 Å². The number of methoxy groups -OCH3 is 2. The van der Waals surface area contributed by atoms with E-state index in [0.29, 0.717) is 37.0 Å². The van der Waals surface area contributed by atoms with Gasteiger partial charge in [0.15, 0.2) is 11.5 Å². The number of carbonyl (C=O) groups is 1. The fourth-order valence-electron chi connectivity index (χ4n) is 3.64. The lowest BCUT2D eigenvalue weighted by Gasteiger charge is -2.15. The quantitative estimate of drug-likeness (QED) is 0.195. The minimum atomic E-state index is -0.199. The summed E-state index contributed by atoms with van der Waals surface area (Å²) < 4.78 is 22.7. The second kappa shape index (κ2) is 17.3. The highest BCUT2D eigenvalue weighted by Gasteiger charge is 2.13. The average molecular weight is 484 g/mol. The van der Waals surface area contributed by atoms with Crippen LogP contribution in [0.3, 0.4) is 0 Å². The number of nitrogens with one attached hydrogen (secondary N) is 1. The lowest BCUT2D eigenvalue weighted by atomic mass is 10.1. The van der Waals surface area contributed by atoms with Gasteiger partial charge in [-0.3, -0.25) is 4.79 Å². The van der Waals surface area contributed by atoms with E-state index in [1.54, 1.807) is 20.3 Å².